The van der Waals surface area contributed by atoms with Crippen LogP contribution in [0.3, 0.4) is 0 Å². The van der Waals surface area contributed by atoms with Gasteiger partial charge >= 0.3 is 0 Å². The smallest absolute Gasteiger partial charge is 0.187 e. The molecule has 0 saturated carbocycles. The molecule has 36 heavy (non-hydrogen) atoms. The fourth-order valence-corrected chi connectivity index (χ4v) is 5.96. The molecule has 0 spiro atoms. The van der Waals surface area contributed by atoms with Gasteiger partial charge in [0.05, 0.1) is 36.4 Å². The molecule has 2 aliphatic carbocycles. The van der Waals surface area contributed by atoms with Crippen LogP contribution in [-0.4, -0.2) is 0 Å². The quantitative estimate of drug-likeness (QED) is 0.281. The van der Waals surface area contributed by atoms with Crippen molar-refractivity contribution in [3.8, 4) is 12.1 Å². The van der Waals surface area contributed by atoms with Gasteiger partial charge in [0.2, 0.25) is 0 Å². The lowest BCUT2D eigenvalue weighted by Gasteiger charge is -2.39. The Bertz CT molecular complexity index is 1490. The highest BCUT2D eigenvalue weighted by Crippen LogP contribution is 2.52. The lowest BCUT2D eigenvalue weighted by molar-refractivity contribution is 0.647. The molecule has 0 saturated heterocycles. The number of rotatable bonds is 1. The van der Waals surface area contributed by atoms with Gasteiger partial charge in [0.25, 0.3) is 0 Å². The van der Waals surface area contributed by atoms with Crippen molar-refractivity contribution in [2.75, 3.05) is 0 Å². The Hall–Kier alpha value is -5.16. The normalized spacial score (nSPS) is 16.6. The summed E-state index contributed by atoms with van der Waals surface area (Å²) in [6.45, 7) is 15.0. The Balaban J connectivity index is 1.65. The Morgan fingerprint density at radius 1 is 0.556 bits per heavy atom. The van der Waals surface area contributed by atoms with Gasteiger partial charge in [-0.05, 0) is 70.5 Å². The van der Waals surface area contributed by atoms with Gasteiger partial charge in [-0.2, -0.15) is 10.5 Å². The lowest BCUT2D eigenvalue weighted by Crippen LogP contribution is -2.25. The van der Waals surface area contributed by atoms with E-state index in [-0.39, 0.29) is 11.8 Å². The van der Waals surface area contributed by atoms with E-state index in [1.54, 1.807) is 0 Å². The van der Waals surface area contributed by atoms with Gasteiger partial charge in [0, 0.05) is 11.8 Å². The molecule has 0 radical (unpaired) electrons. The molecule has 0 aromatic heterocycles. The van der Waals surface area contributed by atoms with Crippen molar-refractivity contribution in [1.29, 1.82) is 10.5 Å². The second-order valence-corrected chi connectivity index (χ2v) is 9.35. The Kier molecular flexibility index (Phi) is 4.90. The van der Waals surface area contributed by atoms with Crippen LogP contribution in [-0.2, 0) is 12.8 Å². The highest BCUT2D eigenvalue weighted by molar-refractivity contribution is 5.64. The molecule has 0 N–H and O–H groups in total. The van der Waals surface area contributed by atoms with Gasteiger partial charge in [0.1, 0.15) is 0 Å². The van der Waals surface area contributed by atoms with Crippen molar-refractivity contribution >= 4 is 11.4 Å². The summed E-state index contributed by atoms with van der Waals surface area (Å²) in [5.41, 5.74) is 11.6. The van der Waals surface area contributed by atoms with Gasteiger partial charge in [-0.3, -0.25) is 0 Å². The van der Waals surface area contributed by atoms with E-state index in [2.05, 4.69) is 46.1 Å². The molecule has 0 amide bonds. The van der Waals surface area contributed by atoms with E-state index in [0.717, 1.165) is 22.3 Å². The van der Waals surface area contributed by atoms with Crippen molar-refractivity contribution in [2.45, 2.75) is 24.7 Å². The molecule has 0 fully saturated rings. The van der Waals surface area contributed by atoms with Gasteiger partial charge in [0.15, 0.2) is 11.4 Å². The Labute approximate surface area is 210 Å². The molecule has 0 aliphatic heterocycles. The van der Waals surface area contributed by atoms with Crippen LogP contribution in [0.25, 0.3) is 9.69 Å². The fourth-order valence-electron chi connectivity index (χ4n) is 5.96. The third-order valence-electron chi connectivity index (χ3n) is 7.49. The van der Waals surface area contributed by atoms with Crippen molar-refractivity contribution < 1.29 is 0 Å². The monoisotopic (exact) mass is 458 g/mol. The largest absolute Gasteiger partial charge is 0.238 e. The van der Waals surface area contributed by atoms with E-state index in [4.69, 9.17) is 13.1 Å². The summed E-state index contributed by atoms with van der Waals surface area (Å²) in [6.07, 6.45) is 1.35. The van der Waals surface area contributed by atoms with E-state index in [1.165, 1.54) is 22.3 Å². The van der Waals surface area contributed by atoms with Gasteiger partial charge < -0.3 is 0 Å². The van der Waals surface area contributed by atoms with Crippen molar-refractivity contribution in [1.82, 2.24) is 0 Å². The van der Waals surface area contributed by atoms with Gasteiger partial charge in [-0.15, -0.1) is 0 Å². The molecule has 4 nitrogen and oxygen atoms in total. The lowest BCUT2D eigenvalue weighted by atomic mass is 9.64. The second-order valence-electron chi connectivity index (χ2n) is 9.35. The minimum absolute atomic E-state index is 0.0270. The molecular weight excluding hydrogens is 440 g/mol. The van der Waals surface area contributed by atoms with Gasteiger partial charge in [-0.25, -0.2) is 9.69 Å². The molecule has 6 rings (SSSR count). The van der Waals surface area contributed by atoms with Crippen molar-refractivity contribution in [3.05, 3.63) is 151 Å². The average Bonchev–Trinajstić information content (AvgIpc) is 2.93. The molecule has 2 aliphatic rings. The Morgan fingerprint density at radius 2 is 0.917 bits per heavy atom. The predicted octanol–water partition coefficient (Wildman–Crippen LogP) is 7.30. The third kappa shape index (κ3) is 3.26. The summed E-state index contributed by atoms with van der Waals surface area (Å²) in [7, 11) is 0. The standard InChI is InChI=1S/C32H18N4/c1-35-25-5-9-29-23(15-25)13-21-11-19(17-33)3-7-27(21)31(29)32-28-8-4-20(18-34)12-22(28)14-24-16-26(36-2)6-10-30(24)32/h3-12,15-16,31-32H,13-14H2. The molecule has 0 heterocycles. The maximum Gasteiger partial charge on any atom is 0.187 e. The SMILES string of the molecule is [C-]#[N+]c1ccc2c(c1)Cc1cc(C#N)ccc1C2C1c2ccc(C#N)cc2Cc2cc([N+]#[C-])ccc21. The van der Waals surface area contributed by atoms with E-state index < -0.39 is 0 Å². The summed E-state index contributed by atoms with van der Waals surface area (Å²) >= 11 is 0. The van der Waals surface area contributed by atoms with E-state index in [9.17, 15) is 10.5 Å². The van der Waals surface area contributed by atoms with Crippen molar-refractivity contribution in [2.24, 2.45) is 0 Å². The van der Waals surface area contributed by atoms with Crippen LogP contribution in [0.2, 0.25) is 0 Å². The molecule has 0 bridgehead atoms. The van der Waals surface area contributed by atoms with Crippen LogP contribution in [0, 0.1) is 35.8 Å². The minimum Gasteiger partial charge on any atom is -0.238 e. The van der Waals surface area contributed by atoms with Crippen LogP contribution in [0.15, 0.2) is 72.8 Å². The van der Waals surface area contributed by atoms with Crippen molar-refractivity contribution in [3.63, 3.8) is 0 Å². The zero-order chi connectivity index (χ0) is 24.8. The van der Waals surface area contributed by atoms with Crippen LogP contribution < -0.4 is 0 Å². The Morgan fingerprint density at radius 3 is 1.28 bits per heavy atom. The molecular formula is C32H18N4. The minimum atomic E-state index is -0.0270. The maximum atomic E-state index is 9.55. The third-order valence-corrected chi connectivity index (χ3v) is 7.49. The fraction of sp³-hybridized carbons (Fsp3) is 0.125. The predicted molar refractivity (Wildman–Crippen MR) is 137 cm³/mol. The number of nitrogens with zero attached hydrogens (tertiary/aromatic N) is 4. The van der Waals surface area contributed by atoms with Crippen LogP contribution in [0.5, 0.6) is 0 Å². The summed E-state index contributed by atoms with van der Waals surface area (Å²) in [5, 5.41) is 19.1. The molecule has 4 aromatic carbocycles. The second kappa shape index (κ2) is 8.25. The highest BCUT2D eigenvalue weighted by atomic mass is 14.6. The molecule has 2 unspecified atom stereocenters. The highest BCUT2D eigenvalue weighted by Gasteiger charge is 2.38. The molecule has 2 atom stereocenters. The molecule has 4 heteroatoms. The average molecular weight is 459 g/mol. The summed E-state index contributed by atoms with van der Waals surface area (Å²) < 4.78 is 0. The number of nitriles is 2. The zero-order valence-corrected chi connectivity index (χ0v) is 19.3. The van der Waals surface area contributed by atoms with E-state index in [0.29, 0.717) is 35.3 Å². The topological polar surface area (TPSA) is 56.3 Å². The van der Waals surface area contributed by atoms with Crippen LogP contribution in [0.1, 0.15) is 67.5 Å². The first-order valence-corrected chi connectivity index (χ1v) is 11.7. The zero-order valence-electron chi connectivity index (χ0n) is 19.3. The molecule has 166 valence electrons. The van der Waals surface area contributed by atoms with Crippen LogP contribution >= 0.6 is 0 Å². The van der Waals surface area contributed by atoms with Crippen LogP contribution in [0.4, 0.5) is 11.4 Å². The summed E-state index contributed by atoms with van der Waals surface area (Å²) in [4.78, 5) is 7.31. The number of fused-ring (bicyclic) bond motifs is 4. The number of benzene rings is 4. The van der Waals surface area contributed by atoms with E-state index >= 15 is 0 Å². The first-order valence-electron chi connectivity index (χ1n) is 11.7. The summed E-state index contributed by atoms with van der Waals surface area (Å²) in [5.74, 6) is -0.0541. The summed E-state index contributed by atoms with van der Waals surface area (Å²) in [6, 6.07) is 28.3. The van der Waals surface area contributed by atoms with E-state index in [1.807, 2.05) is 48.5 Å². The maximum absolute atomic E-state index is 9.55. The first kappa shape index (κ1) is 21.4. The first-order chi connectivity index (χ1) is 17.6. The molecule has 4 aromatic rings. The number of hydrogen-bond donors (Lipinski definition) is 0. The number of hydrogen-bond acceptors (Lipinski definition) is 2. The van der Waals surface area contributed by atoms with Gasteiger partial charge in [-0.1, -0.05) is 59.7 Å².